The molecule has 91 heavy (non-hydrogen) atoms. The summed E-state index contributed by atoms with van der Waals surface area (Å²) in [6.07, 6.45) is 91.7. The number of carbonyl (C=O) groups is 3. The number of aliphatic carboxylic acids is 1. The summed E-state index contributed by atoms with van der Waals surface area (Å²) in [5, 5.41) is 9.77. The minimum absolute atomic E-state index is 0.176. The number of unbranched alkanes of at least 4 members (excludes halogenated alkanes) is 55. The molecule has 0 aliphatic rings. The Bertz CT molecular complexity index is 1590. The van der Waals surface area contributed by atoms with Crippen molar-refractivity contribution in [3.8, 4) is 0 Å². The maximum absolute atomic E-state index is 13.0. The van der Waals surface area contributed by atoms with E-state index in [0.29, 0.717) is 17.4 Å². The van der Waals surface area contributed by atoms with E-state index < -0.39 is 18.4 Å². The topological polar surface area (TPSA) is 108 Å². The van der Waals surface area contributed by atoms with Crippen molar-refractivity contribution in [2.45, 2.75) is 424 Å². The molecule has 1 N–H and O–H groups in total. The lowest BCUT2D eigenvalue weighted by Crippen LogP contribution is -2.40. The van der Waals surface area contributed by atoms with Crippen LogP contribution in [0.15, 0.2) is 36.5 Å². The maximum atomic E-state index is 13.0. The summed E-state index contributed by atoms with van der Waals surface area (Å²) in [6.45, 7) is 4.94. The molecule has 0 bridgehead atoms. The molecule has 0 aliphatic carbocycles. The molecule has 0 spiro atoms. The molecular formula is C82H156NO8+. The van der Waals surface area contributed by atoms with Crippen molar-refractivity contribution in [2.24, 2.45) is 0 Å². The van der Waals surface area contributed by atoms with Crippen LogP contribution in [0.5, 0.6) is 0 Å². The first-order valence-electron chi connectivity index (χ1n) is 40.2. The fraction of sp³-hybridized carbons (Fsp3) is 0.890. The molecule has 0 radical (unpaired) electrons. The van der Waals surface area contributed by atoms with Crippen LogP contribution in [0.25, 0.3) is 0 Å². The predicted octanol–water partition coefficient (Wildman–Crippen LogP) is 25.5. The standard InChI is InChI=1S/C82H155NO8/c1-6-8-10-12-14-16-18-20-22-24-26-28-30-32-34-35-36-37-38-39-40-41-42-43-44-45-47-48-50-52-54-56-58-60-62-64-66-68-70-72-79(84)89-76-78(77-90-82(81(86)87)88-75-74-83(3,4)5)91-80(85)73-71-69-67-65-63-61-59-57-55-53-51-49-46-33-31-29-27-25-23-21-19-17-15-13-11-9-7-2/h19,21,24-27,78,82H,6-18,20,22-23,28-77H2,1-5H3/p+1/b21-19-,26-24-,27-25-. The summed E-state index contributed by atoms with van der Waals surface area (Å²) in [4.78, 5) is 37.7. The van der Waals surface area contributed by atoms with Crippen LogP contribution in [0.4, 0.5) is 0 Å². The molecule has 2 atom stereocenters. The minimum Gasteiger partial charge on any atom is -0.477 e. The van der Waals surface area contributed by atoms with Crippen LogP contribution in [0.1, 0.15) is 412 Å². The van der Waals surface area contributed by atoms with Gasteiger partial charge in [0.25, 0.3) is 6.29 Å². The van der Waals surface area contributed by atoms with Gasteiger partial charge in [-0.05, 0) is 70.6 Å². The third kappa shape index (κ3) is 74.8. The number of quaternary nitrogens is 1. The highest BCUT2D eigenvalue weighted by molar-refractivity contribution is 5.71. The van der Waals surface area contributed by atoms with Crippen molar-refractivity contribution in [2.75, 3.05) is 47.5 Å². The average Bonchev–Trinajstić information content (AvgIpc) is 3.46. The summed E-state index contributed by atoms with van der Waals surface area (Å²) < 4.78 is 23.1. The van der Waals surface area contributed by atoms with E-state index in [1.165, 1.54) is 340 Å². The van der Waals surface area contributed by atoms with Crippen LogP contribution in [-0.2, 0) is 33.3 Å². The molecule has 0 amide bonds. The molecular weight excluding hydrogens is 1130 g/mol. The van der Waals surface area contributed by atoms with E-state index >= 15 is 0 Å². The molecule has 2 unspecified atom stereocenters. The van der Waals surface area contributed by atoms with E-state index in [1.54, 1.807) is 0 Å². The molecule has 0 saturated heterocycles. The number of likely N-dealkylation sites (N-methyl/N-ethyl adjacent to an activating group) is 1. The molecule has 0 heterocycles. The maximum Gasteiger partial charge on any atom is 0.361 e. The summed E-state index contributed by atoms with van der Waals surface area (Å²) in [6, 6.07) is 0. The molecule has 0 fully saturated rings. The van der Waals surface area contributed by atoms with E-state index in [-0.39, 0.29) is 38.2 Å². The number of carboxylic acids is 1. The van der Waals surface area contributed by atoms with Crippen LogP contribution < -0.4 is 0 Å². The van der Waals surface area contributed by atoms with Crippen LogP contribution >= 0.6 is 0 Å². The second-order valence-corrected chi connectivity index (χ2v) is 28.7. The van der Waals surface area contributed by atoms with Crippen LogP contribution in [-0.4, -0.2) is 87.4 Å². The summed E-state index contributed by atoms with van der Waals surface area (Å²) in [5.74, 6) is -1.97. The molecule has 536 valence electrons. The number of nitrogens with zero attached hydrogens (tertiary/aromatic N) is 1. The van der Waals surface area contributed by atoms with Crippen molar-refractivity contribution in [1.29, 1.82) is 0 Å². The van der Waals surface area contributed by atoms with E-state index in [0.717, 1.165) is 44.9 Å². The van der Waals surface area contributed by atoms with Gasteiger partial charge in [-0.1, -0.05) is 365 Å². The molecule has 0 aromatic rings. The quantitative estimate of drug-likeness (QED) is 0.0211. The highest BCUT2D eigenvalue weighted by atomic mass is 16.7. The zero-order valence-corrected chi connectivity index (χ0v) is 61.5. The zero-order chi connectivity index (χ0) is 66.1. The van der Waals surface area contributed by atoms with Gasteiger partial charge in [0, 0.05) is 12.8 Å². The second kappa shape index (κ2) is 73.3. The number of hydrogen-bond acceptors (Lipinski definition) is 7. The van der Waals surface area contributed by atoms with Gasteiger partial charge in [-0.25, -0.2) is 4.79 Å². The molecule has 0 aliphatic heterocycles. The van der Waals surface area contributed by atoms with Gasteiger partial charge in [-0.15, -0.1) is 0 Å². The van der Waals surface area contributed by atoms with Crippen LogP contribution in [0, 0.1) is 0 Å². The van der Waals surface area contributed by atoms with Crippen molar-refractivity contribution in [1.82, 2.24) is 0 Å². The number of carboxylic acid groups (broad SMARTS) is 1. The van der Waals surface area contributed by atoms with Crippen molar-refractivity contribution >= 4 is 17.9 Å². The Morgan fingerprint density at radius 3 is 0.879 bits per heavy atom. The lowest BCUT2D eigenvalue weighted by molar-refractivity contribution is -0.870. The van der Waals surface area contributed by atoms with Gasteiger partial charge in [-0.3, -0.25) is 9.59 Å². The fourth-order valence-corrected chi connectivity index (χ4v) is 12.2. The molecule has 0 aromatic carbocycles. The SMILES string of the molecule is CCCCCCC/C=C\C/C=C\CCCCCCCCCCCCCCCCCC(=O)OC(COC(=O)CCCCCCCCCCCCCCCCCCCCCCCCCCCCC/C=C\CCCCCCCCCC)COC(OCC[N+](C)(C)C)C(=O)O. The molecule has 9 nitrogen and oxygen atoms in total. The minimum atomic E-state index is -1.51. The van der Waals surface area contributed by atoms with Gasteiger partial charge in [0.05, 0.1) is 34.4 Å². The van der Waals surface area contributed by atoms with E-state index in [9.17, 15) is 19.5 Å². The highest BCUT2D eigenvalue weighted by Gasteiger charge is 2.25. The van der Waals surface area contributed by atoms with Gasteiger partial charge in [0.2, 0.25) is 0 Å². The first-order chi connectivity index (χ1) is 44.6. The summed E-state index contributed by atoms with van der Waals surface area (Å²) >= 11 is 0. The summed E-state index contributed by atoms with van der Waals surface area (Å²) in [5.41, 5.74) is 0. The van der Waals surface area contributed by atoms with Gasteiger partial charge in [0.15, 0.2) is 6.10 Å². The number of ether oxygens (including phenoxy) is 4. The Balaban J connectivity index is 3.94. The number of carbonyl (C=O) groups excluding carboxylic acids is 2. The Morgan fingerprint density at radius 1 is 0.330 bits per heavy atom. The molecule has 0 saturated carbocycles. The van der Waals surface area contributed by atoms with Gasteiger partial charge in [-0.2, -0.15) is 0 Å². The smallest absolute Gasteiger partial charge is 0.361 e. The van der Waals surface area contributed by atoms with Crippen molar-refractivity contribution < 1.29 is 42.9 Å². The van der Waals surface area contributed by atoms with Crippen molar-refractivity contribution in [3.63, 3.8) is 0 Å². The van der Waals surface area contributed by atoms with E-state index in [1.807, 2.05) is 21.1 Å². The lowest BCUT2D eigenvalue weighted by atomic mass is 10.0. The largest absolute Gasteiger partial charge is 0.477 e. The van der Waals surface area contributed by atoms with Gasteiger partial charge < -0.3 is 28.5 Å². The van der Waals surface area contributed by atoms with E-state index in [2.05, 4.69) is 50.3 Å². The second-order valence-electron chi connectivity index (χ2n) is 28.7. The lowest BCUT2D eigenvalue weighted by Gasteiger charge is -2.25. The van der Waals surface area contributed by atoms with Crippen LogP contribution in [0.3, 0.4) is 0 Å². The zero-order valence-electron chi connectivity index (χ0n) is 61.5. The average molecular weight is 1280 g/mol. The normalized spacial score (nSPS) is 12.8. The Hall–Kier alpha value is -2.49. The third-order valence-electron chi connectivity index (χ3n) is 18.4. The number of esters is 2. The molecule has 0 rings (SSSR count). The van der Waals surface area contributed by atoms with Gasteiger partial charge >= 0.3 is 17.9 Å². The number of rotatable bonds is 76. The van der Waals surface area contributed by atoms with Crippen molar-refractivity contribution in [3.05, 3.63) is 36.5 Å². The number of allylic oxidation sites excluding steroid dienone is 6. The summed E-state index contributed by atoms with van der Waals surface area (Å²) in [7, 11) is 6.00. The van der Waals surface area contributed by atoms with Gasteiger partial charge in [0.1, 0.15) is 13.2 Å². The number of hydrogen-bond donors (Lipinski definition) is 1. The molecule has 0 aromatic heterocycles. The first kappa shape index (κ1) is 88.5. The Kier molecular flexibility index (Phi) is 71.3. The first-order valence-corrected chi connectivity index (χ1v) is 40.2. The Morgan fingerprint density at radius 2 is 0.593 bits per heavy atom. The van der Waals surface area contributed by atoms with Crippen LogP contribution in [0.2, 0.25) is 0 Å². The predicted molar refractivity (Wildman–Crippen MR) is 392 cm³/mol. The molecule has 9 heteroatoms. The fourth-order valence-electron chi connectivity index (χ4n) is 12.2. The van der Waals surface area contributed by atoms with E-state index in [4.69, 9.17) is 18.9 Å². The monoisotopic (exact) mass is 1280 g/mol. The highest BCUT2D eigenvalue weighted by Crippen LogP contribution is 2.20. The third-order valence-corrected chi connectivity index (χ3v) is 18.4. The Labute approximate surface area is 566 Å².